The second-order valence-electron chi connectivity index (χ2n) is 8.64. The fourth-order valence-electron chi connectivity index (χ4n) is 3.38. The van der Waals surface area contributed by atoms with Crippen LogP contribution < -0.4 is 0 Å². The monoisotopic (exact) mass is 421 g/mol. The molecule has 6 nitrogen and oxygen atoms in total. The van der Waals surface area contributed by atoms with Gasteiger partial charge in [-0.2, -0.15) is 0 Å². The second kappa shape index (κ2) is 7.48. The Balaban J connectivity index is 1.99. The number of β-lactam (4-membered cyclic amide) rings is 1. The standard InChI is InChI=1S/C20H25Cl2N5O/c1-19(2,3)16(9-7-13-6-8-14(21)12-15(13)22)27-18(23-24-25-27)20(4,5)26-11-10-17(26)28/h6-9,12,16H,10-11H2,1-5H3/b9-7+. The predicted octanol–water partition coefficient (Wildman–Crippen LogP) is 4.75. The molecule has 28 heavy (non-hydrogen) atoms. The lowest BCUT2D eigenvalue weighted by atomic mass is 9.85. The van der Waals surface area contributed by atoms with E-state index in [1.165, 1.54) is 0 Å². The topological polar surface area (TPSA) is 63.9 Å². The van der Waals surface area contributed by atoms with Gasteiger partial charge >= 0.3 is 0 Å². The van der Waals surface area contributed by atoms with Crippen molar-refractivity contribution in [2.45, 2.75) is 52.6 Å². The summed E-state index contributed by atoms with van der Waals surface area (Å²) < 4.78 is 1.81. The van der Waals surface area contributed by atoms with Crippen LogP contribution in [0.15, 0.2) is 24.3 Å². The molecule has 1 aliphatic rings. The molecule has 1 fully saturated rings. The van der Waals surface area contributed by atoms with Gasteiger partial charge in [-0.05, 0) is 47.4 Å². The number of halogens is 2. The molecule has 8 heteroatoms. The molecule has 1 unspecified atom stereocenters. The molecule has 3 rings (SSSR count). The first kappa shape index (κ1) is 20.8. The van der Waals surface area contributed by atoms with Gasteiger partial charge in [0.15, 0.2) is 5.82 Å². The van der Waals surface area contributed by atoms with Gasteiger partial charge in [-0.15, -0.1) is 5.10 Å². The Morgan fingerprint density at radius 2 is 1.89 bits per heavy atom. The highest BCUT2D eigenvalue weighted by Gasteiger charge is 2.43. The van der Waals surface area contributed by atoms with E-state index in [9.17, 15) is 4.79 Å². The molecule has 0 N–H and O–H groups in total. The summed E-state index contributed by atoms with van der Waals surface area (Å²) in [6.07, 6.45) is 4.58. The number of likely N-dealkylation sites (tertiary alicyclic amines) is 1. The number of benzene rings is 1. The van der Waals surface area contributed by atoms with Crippen LogP contribution in [0.1, 0.15) is 58.5 Å². The summed E-state index contributed by atoms with van der Waals surface area (Å²) in [5.41, 5.74) is 0.106. The van der Waals surface area contributed by atoms with Crippen LogP contribution in [0.4, 0.5) is 0 Å². The van der Waals surface area contributed by atoms with Crippen molar-refractivity contribution in [1.82, 2.24) is 25.1 Å². The van der Waals surface area contributed by atoms with E-state index in [4.69, 9.17) is 23.2 Å². The highest BCUT2D eigenvalue weighted by molar-refractivity contribution is 6.35. The number of hydrogen-bond donors (Lipinski definition) is 0. The number of rotatable bonds is 5. The SMILES string of the molecule is CC(C)(C)C(/C=C/c1ccc(Cl)cc1Cl)n1nnnc1C(C)(C)N1CCC1=O. The summed E-state index contributed by atoms with van der Waals surface area (Å²) in [6.45, 7) is 11.0. The molecule has 0 spiro atoms. The molecule has 1 atom stereocenters. The highest BCUT2D eigenvalue weighted by Crippen LogP contribution is 2.37. The third-order valence-electron chi connectivity index (χ3n) is 5.14. The number of amides is 1. The minimum atomic E-state index is -0.589. The minimum absolute atomic E-state index is 0.121. The summed E-state index contributed by atoms with van der Waals surface area (Å²) in [5.74, 6) is 0.780. The number of aromatic nitrogens is 4. The zero-order valence-electron chi connectivity index (χ0n) is 16.8. The van der Waals surface area contributed by atoms with Gasteiger partial charge in [-0.1, -0.05) is 62.2 Å². The quantitative estimate of drug-likeness (QED) is 0.653. The van der Waals surface area contributed by atoms with Gasteiger partial charge in [0.25, 0.3) is 0 Å². The van der Waals surface area contributed by atoms with Gasteiger partial charge in [-0.3, -0.25) is 4.79 Å². The molecule has 2 heterocycles. The maximum Gasteiger partial charge on any atom is 0.225 e. The highest BCUT2D eigenvalue weighted by atomic mass is 35.5. The van der Waals surface area contributed by atoms with Crippen LogP contribution in [0.5, 0.6) is 0 Å². The summed E-state index contributed by atoms with van der Waals surface area (Å²) in [6, 6.07) is 5.26. The minimum Gasteiger partial charge on any atom is -0.330 e. The molecule has 1 aromatic carbocycles. The van der Waals surface area contributed by atoms with E-state index in [2.05, 4.69) is 36.3 Å². The van der Waals surface area contributed by atoms with E-state index < -0.39 is 5.54 Å². The van der Waals surface area contributed by atoms with Crippen molar-refractivity contribution in [2.75, 3.05) is 6.54 Å². The third-order valence-corrected chi connectivity index (χ3v) is 5.70. The molecule has 0 radical (unpaired) electrons. The van der Waals surface area contributed by atoms with E-state index in [0.29, 0.717) is 22.3 Å². The average Bonchev–Trinajstić information content (AvgIpc) is 3.04. The van der Waals surface area contributed by atoms with Crippen molar-refractivity contribution in [3.8, 4) is 0 Å². The largest absolute Gasteiger partial charge is 0.330 e. The Morgan fingerprint density at radius 3 is 2.43 bits per heavy atom. The first-order valence-electron chi connectivity index (χ1n) is 9.24. The molecule has 0 bridgehead atoms. The van der Waals surface area contributed by atoms with Crippen LogP contribution in [0.2, 0.25) is 10.0 Å². The van der Waals surface area contributed by atoms with Gasteiger partial charge in [0.05, 0.1) is 11.6 Å². The van der Waals surface area contributed by atoms with Crippen LogP contribution >= 0.6 is 23.2 Å². The molecule has 0 saturated carbocycles. The Bertz CT molecular complexity index is 914. The van der Waals surface area contributed by atoms with Crippen LogP contribution in [0.3, 0.4) is 0 Å². The van der Waals surface area contributed by atoms with Crippen molar-refractivity contribution in [3.63, 3.8) is 0 Å². The van der Waals surface area contributed by atoms with Gasteiger partial charge in [0.1, 0.15) is 0 Å². The molecule has 1 aliphatic heterocycles. The summed E-state index contributed by atoms with van der Waals surface area (Å²) in [4.78, 5) is 13.8. The third kappa shape index (κ3) is 3.94. The van der Waals surface area contributed by atoms with E-state index in [-0.39, 0.29) is 17.4 Å². The fraction of sp³-hybridized carbons (Fsp3) is 0.500. The number of carbonyl (C=O) groups is 1. The van der Waals surface area contributed by atoms with E-state index in [0.717, 1.165) is 12.1 Å². The molecule has 1 aromatic heterocycles. The smallest absolute Gasteiger partial charge is 0.225 e. The summed E-state index contributed by atoms with van der Waals surface area (Å²) in [5, 5.41) is 13.6. The molecular weight excluding hydrogens is 397 g/mol. The zero-order chi connectivity index (χ0) is 20.7. The van der Waals surface area contributed by atoms with Crippen LogP contribution in [-0.2, 0) is 10.3 Å². The lowest BCUT2D eigenvalue weighted by Gasteiger charge is -2.44. The van der Waals surface area contributed by atoms with Crippen molar-refractivity contribution >= 4 is 35.2 Å². The Hall–Kier alpha value is -1.92. The number of allylic oxidation sites excluding steroid dienone is 1. The van der Waals surface area contributed by atoms with Crippen LogP contribution in [-0.4, -0.2) is 37.6 Å². The van der Waals surface area contributed by atoms with Gasteiger partial charge < -0.3 is 4.90 Å². The van der Waals surface area contributed by atoms with Gasteiger partial charge in [-0.25, -0.2) is 4.68 Å². The fourth-order valence-corrected chi connectivity index (χ4v) is 3.85. The van der Waals surface area contributed by atoms with E-state index >= 15 is 0 Å². The van der Waals surface area contributed by atoms with Crippen molar-refractivity contribution in [2.24, 2.45) is 5.41 Å². The average molecular weight is 422 g/mol. The van der Waals surface area contributed by atoms with E-state index in [1.54, 1.807) is 12.1 Å². The molecular formula is C20H25Cl2N5O. The molecule has 0 aliphatic carbocycles. The Kier molecular flexibility index (Phi) is 5.56. The number of nitrogens with zero attached hydrogens (tertiary/aromatic N) is 5. The lowest BCUT2D eigenvalue weighted by Crippen LogP contribution is -2.55. The zero-order valence-corrected chi connectivity index (χ0v) is 18.3. The van der Waals surface area contributed by atoms with Crippen molar-refractivity contribution in [3.05, 3.63) is 45.7 Å². The Morgan fingerprint density at radius 1 is 1.18 bits per heavy atom. The molecule has 1 amide bonds. The normalized spacial score (nSPS) is 16.5. The summed E-state index contributed by atoms with van der Waals surface area (Å²) in [7, 11) is 0. The first-order chi connectivity index (χ1) is 13.0. The van der Waals surface area contributed by atoms with Crippen molar-refractivity contribution < 1.29 is 4.79 Å². The Labute approximate surface area is 175 Å². The first-order valence-corrected chi connectivity index (χ1v) is 9.99. The maximum absolute atomic E-state index is 12.0. The van der Waals surface area contributed by atoms with Crippen LogP contribution in [0, 0.1) is 5.41 Å². The molecule has 2 aromatic rings. The number of carbonyl (C=O) groups excluding carboxylic acids is 1. The maximum atomic E-state index is 12.0. The summed E-state index contributed by atoms with van der Waals surface area (Å²) >= 11 is 12.3. The van der Waals surface area contributed by atoms with Gasteiger partial charge in [0, 0.05) is 23.0 Å². The van der Waals surface area contributed by atoms with Gasteiger partial charge in [0.2, 0.25) is 5.91 Å². The predicted molar refractivity (Wildman–Crippen MR) is 111 cm³/mol. The number of tetrazole rings is 1. The second-order valence-corrected chi connectivity index (χ2v) is 9.48. The number of hydrogen-bond acceptors (Lipinski definition) is 4. The lowest BCUT2D eigenvalue weighted by molar-refractivity contribution is -0.148. The van der Waals surface area contributed by atoms with E-state index in [1.807, 2.05) is 41.6 Å². The van der Waals surface area contributed by atoms with Crippen LogP contribution in [0.25, 0.3) is 6.08 Å². The molecule has 1 saturated heterocycles. The molecule has 150 valence electrons. The van der Waals surface area contributed by atoms with Crippen molar-refractivity contribution in [1.29, 1.82) is 0 Å².